The SMILES string of the molecule is CC1SCc2c(N)nc(N(C)C)nc21. The van der Waals surface area contributed by atoms with Gasteiger partial charge in [0.2, 0.25) is 5.95 Å². The molecule has 0 aliphatic carbocycles. The second kappa shape index (κ2) is 3.31. The number of anilines is 2. The molecule has 1 aliphatic rings. The lowest BCUT2D eigenvalue weighted by atomic mass is 10.2. The Bertz CT molecular complexity index is 364. The molecule has 0 aromatic carbocycles. The van der Waals surface area contributed by atoms with Gasteiger partial charge in [-0.05, 0) is 6.92 Å². The molecule has 14 heavy (non-hydrogen) atoms. The lowest BCUT2D eigenvalue weighted by Gasteiger charge is -2.13. The summed E-state index contributed by atoms with van der Waals surface area (Å²) in [6, 6.07) is 0. The number of nitrogens with two attached hydrogens (primary N) is 1. The highest BCUT2D eigenvalue weighted by atomic mass is 32.2. The Morgan fingerprint density at radius 1 is 1.43 bits per heavy atom. The van der Waals surface area contributed by atoms with Gasteiger partial charge in [-0.25, -0.2) is 4.98 Å². The second-order valence-electron chi connectivity index (χ2n) is 3.62. The van der Waals surface area contributed by atoms with E-state index in [2.05, 4.69) is 16.9 Å². The van der Waals surface area contributed by atoms with Crippen LogP contribution in [0.2, 0.25) is 0 Å². The van der Waals surface area contributed by atoms with Gasteiger partial charge in [-0.1, -0.05) is 0 Å². The normalized spacial score (nSPS) is 19.5. The average molecular weight is 210 g/mol. The maximum absolute atomic E-state index is 5.88. The van der Waals surface area contributed by atoms with E-state index in [1.165, 1.54) is 0 Å². The van der Waals surface area contributed by atoms with Crippen molar-refractivity contribution < 1.29 is 0 Å². The highest BCUT2D eigenvalue weighted by Gasteiger charge is 2.24. The zero-order valence-corrected chi connectivity index (χ0v) is 9.43. The fourth-order valence-electron chi connectivity index (χ4n) is 1.48. The first-order valence-corrected chi connectivity index (χ1v) is 5.59. The van der Waals surface area contributed by atoms with E-state index in [4.69, 9.17) is 5.73 Å². The quantitative estimate of drug-likeness (QED) is 0.760. The van der Waals surface area contributed by atoms with E-state index >= 15 is 0 Å². The third-order valence-corrected chi connectivity index (χ3v) is 3.50. The number of hydrogen-bond donors (Lipinski definition) is 1. The highest BCUT2D eigenvalue weighted by molar-refractivity contribution is 7.99. The van der Waals surface area contributed by atoms with Gasteiger partial charge in [-0.3, -0.25) is 0 Å². The van der Waals surface area contributed by atoms with Crippen LogP contribution >= 0.6 is 11.8 Å². The van der Waals surface area contributed by atoms with E-state index in [9.17, 15) is 0 Å². The summed E-state index contributed by atoms with van der Waals surface area (Å²) in [7, 11) is 3.85. The molecule has 5 heteroatoms. The van der Waals surface area contributed by atoms with Crippen LogP contribution < -0.4 is 10.6 Å². The molecule has 1 aromatic rings. The average Bonchev–Trinajstić information content (AvgIpc) is 2.48. The molecular weight excluding hydrogens is 196 g/mol. The first-order valence-electron chi connectivity index (χ1n) is 4.55. The van der Waals surface area contributed by atoms with E-state index in [1.807, 2.05) is 30.8 Å². The summed E-state index contributed by atoms with van der Waals surface area (Å²) >= 11 is 1.86. The van der Waals surface area contributed by atoms with Crippen LogP contribution in [0.25, 0.3) is 0 Å². The molecular formula is C9H14N4S. The molecule has 0 amide bonds. The van der Waals surface area contributed by atoms with Gasteiger partial charge >= 0.3 is 0 Å². The van der Waals surface area contributed by atoms with Gasteiger partial charge < -0.3 is 10.6 Å². The molecule has 1 aromatic heterocycles. The summed E-state index contributed by atoms with van der Waals surface area (Å²) in [5.41, 5.74) is 8.10. The van der Waals surface area contributed by atoms with Crippen LogP contribution in [0.4, 0.5) is 11.8 Å². The van der Waals surface area contributed by atoms with Crippen molar-refractivity contribution >= 4 is 23.5 Å². The van der Waals surface area contributed by atoms with Crippen molar-refractivity contribution in [2.75, 3.05) is 24.7 Å². The maximum Gasteiger partial charge on any atom is 0.227 e. The number of fused-ring (bicyclic) bond motifs is 1. The summed E-state index contributed by atoms with van der Waals surface area (Å²) in [5.74, 6) is 2.28. The second-order valence-corrected chi connectivity index (χ2v) is 4.95. The van der Waals surface area contributed by atoms with Crippen LogP contribution in [0, 0.1) is 0 Å². The Balaban J connectivity index is 2.52. The molecule has 0 saturated carbocycles. The van der Waals surface area contributed by atoms with Gasteiger partial charge in [-0.2, -0.15) is 4.98 Å². The molecule has 0 spiro atoms. The van der Waals surface area contributed by atoms with Crippen molar-refractivity contribution in [2.24, 2.45) is 0 Å². The van der Waals surface area contributed by atoms with Gasteiger partial charge in [0, 0.05) is 30.7 Å². The number of hydrogen-bond acceptors (Lipinski definition) is 5. The Labute approximate surface area is 87.9 Å². The van der Waals surface area contributed by atoms with Crippen molar-refractivity contribution in [2.45, 2.75) is 17.9 Å². The first-order chi connectivity index (χ1) is 6.59. The summed E-state index contributed by atoms with van der Waals surface area (Å²) in [4.78, 5) is 10.6. The van der Waals surface area contributed by atoms with Crippen molar-refractivity contribution in [3.05, 3.63) is 11.3 Å². The Hall–Kier alpha value is -0.970. The third kappa shape index (κ3) is 1.41. The predicted octanol–water partition coefficient (Wildman–Crippen LogP) is 1.43. The monoisotopic (exact) mass is 210 g/mol. The summed E-state index contributed by atoms with van der Waals surface area (Å²) < 4.78 is 0. The lowest BCUT2D eigenvalue weighted by molar-refractivity contribution is 0.931. The minimum atomic E-state index is 0.439. The Morgan fingerprint density at radius 3 is 2.79 bits per heavy atom. The van der Waals surface area contributed by atoms with Gasteiger partial charge in [0.05, 0.1) is 5.69 Å². The van der Waals surface area contributed by atoms with Crippen molar-refractivity contribution in [1.82, 2.24) is 9.97 Å². The smallest absolute Gasteiger partial charge is 0.227 e. The first kappa shape index (κ1) is 9.58. The summed E-state index contributed by atoms with van der Waals surface area (Å²) in [6.07, 6.45) is 0. The number of nitrogens with zero attached hydrogens (tertiary/aromatic N) is 3. The molecule has 2 N–H and O–H groups in total. The van der Waals surface area contributed by atoms with E-state index in [1.54, 1.807) is 0 Å². The maximum atomic E-state index is 5.88. The van der Waals surface area contributed by atoms with Crippen molar-refractivity contribution in [1.29, 1.82) is 0 Å². The molecule has 0 radical (unpaired) electrons. The van der Waals surface area contributed by atoms with Crippen molar-refractivity contribution in [3.8, 4) is 0 Å². The summed E-state index contributed by atoms with van der Waals surface area (Å²) in [6.45, 7) is 2.16. The van der Waals surface area contributed by atoms with E-state index in [0.717, 1.165) is 17.0 Å². The lowest BCUT2D eigenvalue weighted by Crippen LogP contribution is -2.15. The van der Waals surface area contributed by atoms with Crippen LogP contribution in [0.15, 0.2) is 0 Å². The molecule has 76 valence electrons. The van der Waals surface area contributed by atoms with Crippen LogP contribution in [-0.4, -0.2) is 24.1 Å². The van der Waals surface area contributed by atoms with Gasteiger partial charge in [0.25, 0.3) is 0 Å². The van der Waals surface area contributed by atoms with Gasteiger partial charge in [0.1, 0.15) is 5.82 Å². The number of rotatable bonds is 1. The van der Waals surface area contributed by atoms with Crippen molar-refractivity contribution in [3.63, 3.8) is 0 Å². The molecule has 0 bridgehead atoms. The zero-order chi connectivity index (χ0) is 10.3. The third-order valence-electron chi connectivity index (χ3n) is 2.32. The van der Waals surface area contributed by atoms with Crippen LogP contribution in [0.3, 0.4) is 0 Å². The molecule has 4 nitrogen and oxygen atoms in total. The molecule has 1 unspecified atom stereocenters. The standard InChI is InChI=1S/C9H14N4S/c1-5-7-6(4-14-5)8(10)12-9(11-7)13(2)3/h5H,4H2,1-3H3,(H2,10,11,12). The fourth-order valence-corrected chi connectivity index (χ4v) is 2.54. The van der Waals surface area contributed by atoms with Gasteiger partial charge in [0.15, 0.2) is 0 Å². The highest BCUT2D eigenvalue weighted by Crippen LogP contribution is 2.42. The predicted molar refractivity (Wildman–Crippen MR) is 60.5 cm³/mol. The molecule has 2 rings (SSSR count). The van der Waals surface area contributed by atoms with Crippen LogP contribution in [0.1, 0.15) is 23.4 Å². The molecule has 1 atom stereocenters. The largest absolute Gasteiger partial charge is 0.383 e. The van der Waals surface area contributed by atoms with Gasteiger partial charge in [-0.15, -0.1) is 11.8 Å². The minimum Gasteiger partial charge on any atom is -0.383 e. The number of aromatic nitrogens is 2. The fraction of sp³-hybridized carbons (Fsp3) is 0.556. The Morgan fingerprint density at radius 2 is 2.14 bits per heavy atom. The molecule has 0 saturated heterocycles. The van der Waals surface area contributed by atoms with Crippen LogP contribution in [0.5, 0.6) is 0 Å². The van der Waals surface area contributed by atoms with E-state index in [-0.39, 0.29) is 0 Å². The topological polar surface area (TPSA) is 55.0 Å². The van der Waals surface area contributed by atoms with E-state index < -0.39 is 0 Å². The molecule has 1 aliphatic heterocycles. The minimum absolute atomic E-state index is 0.439. The molecule has 2 heterocycles. The van der Waals surface area contributed by atoms with E-state index in [0.29, 0.717) is 17.0 Å². The Kier molecular flexibility index (Phi) is 2.26. The molecule has 0 fully saturated rings. The number of nitrogen functional groups attached to an aromatic ring is 1. The van der Waals surface area contributed by atoms with Crippen LogP contribution in [-0.2, 0) is 5.75 Å². The zero-order valence-electron chi connectivity index (χ0n) is 8.61. The number of thioether (sulfide) groups is 1. The summed E-state index contributed by atoms with van der Waals surface area (Å²) in [5, 5.41) is 0.439.